The van der Waals surface area contributed by atoms with E-state index in [0.29, 0.717) is 18.9 Å². The molecule has 2 rings (SSSR count). The second kappa shape index (κ2) is 8.33. The molecule has 0 aliphatic carbocycles. The maximum Gasteiger partial charge on any atom is 0.191 e. The van der Waals surface area contributed by atoms with Gasteiger partial charge in [0.2, 0.25) is 0 Å². The van der Waals surface area contributed by atoms with Gasteiger partial charge in [-0.2, -0.15) is 0 Å². The first kappa shape index (κ1) is 19.2. The summed E-state index contributed by atoms with van der Waals surface area (Å²) >= 11 is 0. The lowest BCUT2D eigenvalue weighted by molar-refractivity contribution is 0.579. The predicted molar refractivity (Wildman–Crippen MR) is 103 cm³/mol. The Morgan fingerprint density at radius 2 is 2.08 bits per heavy atom. The first-order valence-corrected chi connectivity index (χ1v) is 10.4. The van der Waals surface area contributed by atoms with Crippen molar-refractivity contribution < 1.29 is 8.42 Å². The molecular formula is C17H27N5O2S. The summed E-state index contributed by atoms with van der Waals surface area (Å²) in [6.45, 7) is 5.41. The van der Waals surface area contributed by atoms with E-state index in [2.05, 4.69) is 31.2 Å². The summed E-state index contributed by atoms with van der Waals surface area (Å²) in [5, 5.41) is 6.49. The fourth-order valence-electron chi connectivity index (χ4n) is 2.66. The van der Waals surface area contributed by atoms with Gasteiger partial charge in [-0.1, -0.05) is 12.1 Å². The standard InChI is InChI=1S/C17H27N5O2S/c1-13(9-12-25(4,23)24)20-17(18-3)19-10-11-22-14(2)21-15-7-5-6-8-16(15)22/h5-8,13H,9-12H2,1-4H3,(H2,18,19,20). The molecule has 25 heavy (non-hydrogen) atoms. The van der Waals surface area contributed by atoms with E-state index in [-0.39, 0.29) is 11.8 Å². The summed E-state index contributed by atoms with van der Waals surface area (Å²) in [5.74, 6) is 1.81. The summed E-state index contributed by atoms with van der Waals surface area (Å²) < 4.78 is 24.7. The topological polar surface area (TPSA) is 88.4 Å². The molecule has 0 fully saturated rings. The Labute approximate surface area is 149 Å². The van der Waals surface area contributed by atoms with Crippen molar-refractivity contribution in [1.82, 2.24) is 20.2 Å². The molecule has 1 aromatic carbocycles. The number of rotatable bonds is 7. The highest BCUT2D eigenvalue weighted by molar-refractivity contribution is 7.90. The normalized spacial score (nSPS) is 13.8. The van der Waals surface area contributed by atoms with E-state index in [1.54, 1.807) is 7.05 Å². The van der Waals surface area contributed by atoms with Crippen molar-refractivity contribution in [2.75, 3.05) is 25.6 Å². The number of nitrogens with zero attached hydrogens (tertiary/aromatic N) is 3. The summed E-state index contributed by atoms with van der Waals surface area (Å²) in [6.07, 6.45) is 1.80. The molecule has 7 nitrogen and oxygen atoms in total. The predicted octanol–water partition coefficient (Wildman–Crippen LogP) is 1.33. The van der Waals surface area contributed by atoms with Gasteiger partial charge < -0.3 is 15.2 Å². The summed E-state index contributed by atoms with van der Waals surface area (Å²) in [7, 11) is -1.24. The molecule has 0 aliphatic heterocycles. The molecule has 1 aromatic heterocycles. The fourth-order valence-corrected chi connectivity index (χ4v) is 3.44. The van der Waals surface area contributed by atoms with Gasteiger partial charge in [0.25, 0.3) is 0 Å². The van der Waals surface area contributed by atoms with Crippen LogP contribution in [0.1, 0.15) is 19.2 Å². The number of fused-ring (bicyclic) bond motifs is 1. The largest absolute Gasteiger partial charge is 0.355 e. The number of sulfone groups is 1. The maximum absolute atomic E-state index is 11.3. The van der Waals surface area contributed by atoms with Crippen LogP contribution in [0.3, 0.4) is 0 Å². The van der Waals surface area contributed by atoms with E-state index in [0.717, 1.165) is 23.4 Å². The Balaban J connectivity index is 1.87. The number of benzene rings is 1. The molecular weight excluding hydrogens is 338 g/mol. The lowest BCUT2D eigenvalue weighted by Crippen LogP contribution is -2.43. The van der Waals surface area contributed by atoms with Crippen molar-refractivity contribution in [3.63, 3.8) is 0 Å². The lowest BCUT2D eigenvalue weighted by atomic mass is 10.3. The zero-order valence-corrected chi connectivity index (χ0v) is 16.1. The van der Waals surface area contributed by atoms with Crippen molar-refractivity contribution in [2.45, 2.75) is 32.9 Å². The number of aliphatic imine (C=N–C) groups is 1. The molecule has 1 unspecified atom stereocenters. The van der Waals surface area contributed by atoms with Crippen molar-refractivity contribution in [3.8, 4) is 0 Å². The molecule has 0 spiro atoms. The zero-order valence-electron chi connectivity index (χ0n) is 15.3. The van der Waals surface area contributed by atoms with Crippen LogP contribution in [0, 0.1) is 6.92 Å². The van der Waals surface area contributed by atoms with Crippen molar-refractivity contribution >= 4 is 26.8 Å². The van der Waals surface area contributed by atoms with Gasteiger partial charge in [0.1, 0.15) is 15.7 Å². The van der Waals surface area contributed by atoms with E-state index in [1.165, 1.54) is 6.26 Å². The highest BCUT2D eigenvalue weighted by Gasteiger charge is 2.10. The minimum Gasteiger partial charge on any atom is -0.355 e. The SMILES string of the molecule is CN=C(NCCn1c(C)nc2ccccc21)NC(C)CCS(C)(=O)=O. The Morgan fingerprint density at radius 3 is 2.76 bits per heavy atom. The summed E-state index contributed by atoms with van der Waals surface area (Å²) in [4.78, 5) is 8.76. The smallest absolute Gasteiger partial charge is 0.191 e. The van der Waals surface area contributed by atoms with Gasteiger partial charge in [0.15, 0.2) is 5.96 Å². The number of hydrogen-bond acceptors (Lipinski definition) is 4. The van der Waals surface area contributed by atoms with Gasteiger partial charge in [-0.15, -0.1) is 0 Å². The molecule has 0 radical (unpaired) electrons. The maximum atomic E-state index is 11.3. The average molecular weight is 366 g/mol. The van der Waals surface area contributed by atoms with Gasteiger partial charge in [0, 0.05) is 32.4 Å². The minimum atomic E-state index is -2.94. The van der Waals surface area contributed by atoms with Crippen LogP contribution in [0.25, 0.3) is 11.0 Å². The number of imidazole rings is 1. The first-order valence-electron chi connectivity index (χ1n) is 8.37. The molecule has 0 aliphatic rings. The van der Waals surface area contributed by atoms with Crippen LogP contribution in [0.2, 0.25) is 0 Å². The monoisotopic (exact) mass is 365 g/mol. The van der Waals surface area contributed by atoms with E-state index in [4.69, 9.17) is 0 Å². The number of hydrogen-bond donors (Lipinski definition) is 2. The van der Waals surface area contributed by atoms with E-state index < -0.39 is 9.84 Å². The molecule has 0 saturated heterocycles. The zero-order chi connectivity index (χ0) is 18.4. The highest BCUT2D eigenvalue weighted by atomic mass is 32.2. The number of para-hydroxylation sites is 2. The van der Waals surface area contributed by atoms with Crippen LogP contribution >= 0.6 is 0 Å². The van der Waals surface area contributed by atoms with Crippen LogP contribution in [0.15, 0.2) is 29.3 Å². The van der Waals surface area contributed by atoms with Gasteiger partial charge in [-0.3, -0.25) is 4.99 Å². The number of aromatic nitrogens is 2. The van der Waals surface area contributed by atoms with Crippen LogP contribution in [-0.4, -0.2) is 55.6 Å². The van der Waals surface area contributed by atoms with Crippen molar-refractivity contribution in [3.05, 3.63) is 30.1 Å². The molecule has 2 aromatic rings. The molecule has 1 heterocycles. The van der Waals surface area contributed by atoms with Crippen LogP contribution in [-0.2, 0) is 16.4 Å². The number of aryl methyl sites for hydroxylation is 1. The van der Waals surface area contributed by atoms with Crippen molar-refractivity contribution in [2.24, 2.45) is 4.99 Å². The summed E-state index contributed by atoms with van der Waals surface area (Å²) in [6, 6.07) is 8.10. The second-order valence-electron chi connectivity index (χ2n) is 6.26. The highest BCUT2D eigenvalue weighted by Crippen LogP contribution is 2.14. The number of nitrogens with one attached hydrogen (secondary N) is 2. The molecule has 8 heteroatoms. The van der Waals surface area contributed by atoms with Crippen LogP contribution in [0.4, 0.5) is 0 Å². The van der Waals surface area contributed by atoms with E-state index in [9.17, 15) is 8.42 Å². The van der Waals surface area contributed by atoms with Gasteiger partial charge in [-0.25, -0.2) is 13.4 Å². The molecule has 138 valence electrons. The molecule has 0 saturated carbocycles. The van der Waals surface area contributed by atoms with Crippen LogP contribution < -0.4 is 10.6 Å². The molecule has 0 bridgehead atoms. The Morgan fingerprint density at radius 1 is 1.36 bits per heavy atom. The molecule has 0 amide bonds. The summed E-state index contributed by atoms with van der Waals surface area (Å²) in [5.41, 5.74) is 2.11. The molecule has 1 atom stereocenters. The third-order valence-corrected chi connectivity index (χ3v) is 4.98. The van der Waals surface area contributed by atoms with E-state index >= 15 is 0 Å². The van der Waals surface area contributed by atoms with Gasteiger partial charge >= 0.3 is 0 Å². The minimum absolute atomic E-state index is 0.0248. The quantitative estimate of drug-likeness (QED) is 0.571. The Bertz CT molecular complexity index is 842. The average Bonchev–Trinajstić information content (AvgIpc) is 2.87. The van der Waals surface area contributed by atoms with Crippen LogP contribution in [0.5, 0.6) is 0 Å². The third-order valence-electron chi connectivity index (χ3n) is 4.00. The van der Waals surface area contributed by atoms with Gasteiger partial charge in [0.05, 0.1) is 16.8 Å². The second-order valence-corrected chi connectivity index (χ2v) is 8.52. The van der Waals surface area contributed by atoms with Crippen molar-refractivity contribution in [1.29, 1.82) is 0 Å². The Kier molecular flexibility index (Phi) is 6.41. The molecule has 2 N–H and O–H groups in total. The number of guanidine groups is 1. The van der Waals surface area contributed by atoms with Gasteiger partial charge in [-0.05, 0) is 32.4 Å². The Hall–Kier alpha value is -2.09. The third kappa shape index (κ3) is 5.74. The lowest BCUT2D eigenvalue weighted by Gasteiger charge is -2.18. The first-order chi connectivity index (χ1) is 11.8. The van der Waals surface area contributed by atoms with E-state index in [1.807, 2.05) is 32.0 Å². The fraction of sp³-hybridized carbons (Fsp3) is 0.529.